The van der Waals surface area contributed by atoms with E-state index in [1.807, 2.05) is 12.1 Å². The normalized spacial score (nSPS) is 20.2. The van der Waals surface area contributed by atoms with Gasteiger partial charge in [-0.25, -0.2) is 0 Å². The highest BCUT2D eigenvalue weighted by molar-refractivity contribution is 6.53. The summed E-state index contributed by atoms with van der Waals surface area (Å²) in [6.45, 7) is 1.72. The van der Waals surface area contributed by atoms with Gasteiger partial charge in [0.25, 0.3) is 5.91 Å². The van der Waals surface area contributed by atoms with Gasteiger partial charge in [0.05, 0.1) is 18.2 Å². The number of carbonyl (C=O) groups excluding carboxylic acids is 2. The quantitative estimate of drug-likeness (QED) is 0.737. The van der Waals surface area contributed by atoms with Gasteiger partial charge in [-0.3, -0.25) is 9.59 Å². The first-order valence-corrected chi connectivity index (χ1v) is 8.76. The van der Waals surface area contributed by atoms with Crippen molar-refractivity contribution in [2.75, 3.05) is 17.7 Å². The van der Waals surface area contributed by atoms with E-state index in [4.69, 9.17) is 27.9 Å². The number of para-hydroxylation sites is 2. The first kappa shape index (κ1) is 18.5. The van der Waals surface area contributed by atoms with E-state index >= 15 is 0 Å². The molecule has 1 aliphatic rings. The van der Waals surface area contributed by atoms with Gasteiger partial charge < -0.3 is 15.4 Å². The summed E-state index contributed by atoms with van der Waals surface area (Å²) in [6.07, 6.45) is 0.411. The van der Waals surface area contributed by atoms with Crippen molar-refractivity contribution in [3.63, 3.8) is 0 Å². The Bertz CT molecular complexity index is 852. The average molecular weight is 393 g/mol. The Kier molecular flexibility index (Phi) is 4.86. The summed E-state index contributed by atoms with van der Waals surface area (Å²) >= 11 is 12.0. The van der Waals surface area contributed by atoms with Crippen LogP contribution in [-0.2, 0) is 4.79 Å². The van der Waals surface area contributed by atoms with Crippen molar-refractivity contribution in [2.45, 2.75) is 17.7 Å². The van der Waals surface area contributed by atoms with Crippen LogP contribution in [-0.4, -0.2) is 23.3 Å². The lowest BCUT2D eigenvalue weighted by molar-refractivity contribution is -0.120. The molecule has 0 saturated heterocycles. The molecule has 1 atom stereocenters. The van der Waals surface area contributed by atoms with Crippen LogP contribution in [0.15, 0.2) is 48.5 Å². The van der Waals surface area contributed by atoms with E-state index in [1.54, 1.807) is 50.4 Å². The minimum atomic E-state index is -1.02. The minimum absolute atomic E-state index is 0.242. The molecule has 26 heavy (non-hydrogen) atoms. The zero-order chi connectivity index (χ0) is 18.9. The van der Waals surface area contributed by atoms with E-state index in [-0.39, 0.29) is 11.8 Å². The lowest BCUT2D eigenvalue weighted by Crippen LogP contribution is -2.26. The minimum Gasteiger partial charge on any atom is -0.495 e. The smallest absolute Gasteiger partial charge is 0.255 e. The summed E-state index contributed by atoms with van der Waals surface area (Å²) in [4.78, 5) is 24.7. The molecule has 0 bridgehead atoms. The molecule has 0 heterocycles. The van der Waals surface area contributed by atoms with Gasteiger partial charge in [0.15, 0.2) is 0 Å². The van der Waals surface area contributed by atoms with Crippen LogP contribution in [0.1, 0.15) is 23.7 Å². The van der Waals surface area contributed by atoms with Gasteiger partial charge in [0, 0.05) is 11.3 Å². The molecule has 7 heteroatoms. The van der Waals surface area contributed by atoms with Crippen LogP contribution in [0.3, 0.4) is 0 Å². The van der Waals surface area contributed by atoms with Gasteiger partial charge >= 0.3 is 0 Å². The summed E-state index contributed by atoms with van der Waals surface area (Å²) in [5, 5.41) is 5.57. The number of carbonyl (C=O) groups is 2. The van der Waals surface area contributed by atoms with Gasteiger partial charge in [-0.1, -0.05) is 12.1 Å². The predicted octanol–water partition coefficient (Wildman–Crippen LogP) is 4.47. The number of ether oxygens (including phenoxy) is 1. The van der Waals surface area contributed by atoms with Crippen molar-refractivity contribution < 1.29 is 14.3 Å². The topological polar surface area (TPSA) is 67.4 Å². The molecule has 2 aromatic rings. The lowest BCUT2D eigenvalue weighted by atomic mass is 10.1. The van der Waals surface area contributed by atoms with E-state index in [2.05, 4.69) is 10.6 Å². The number of hydrogen-bond acceptors (Lipinski definition) is 3. The molecule has 0 aliphatic heterocycles. The summed E-state index contributed by atoms with van der Waals surface area (Å²) < 4.78 is 4.19. The molecule has 1 saturated carbocycles. The lowest BCUT2D eigenvalue weighted by Gasteiger charge is -2.13. The number of hydrogen-bond donors (Lipinski definition) is 2. The molecule has 2 aromatic carbocycles. The molecular formula is C19H18Cl2N2O3. The second-order valence-electron chi connectivity index (χ2n) is 6.40. The zero-order valence-electron chi connectivity index (χ0n) is 14.3. The maximum absolute atomic E-state index is 12.4. The fourth-order valence-electron chi connectivity index (χ4n) is 2.56. The average Bonchev–Trinajstić information content (AvgIpc) is 3.15. The van der Waals surface area contributed by atoms with E-state index in [0.717, 1.165) is 0 Å². The largest absolute Gasteiger partial charge is 0.495 e. The first-order chi connectivity index (χ1) is 12.3. The van der Waals surface area contributed by atoms with Gasteiger partial charge in [-0.15, -0.1) is 23.2 Å². The molecule has 1 unspecified atom stereocenters. The van der Waals surface area contributed by atoms with Crippen LogP contribution >= 0.6 is 23.2 Å². The van der Waals surface area contributed by atoms with Crippen LogP contribution in [0.4, 0.5) is 11.4 Å². The van der Waals surface area contributed by atoms with E-state index in [1.165, 1.54) is 0 Å². The highest BCUT2D eigenvalue weighted by Crippen LogP contribution is 2.64. The Morgan fingerprint density at radius 2 is 1.65 bits per heavy atom. The molecule has 0 spiro atoms. The van der Waals surface area contributed by atoms with Gasteiger partial charge in [0.1, 0.15) is 10.1 Å². The Morgan fingerprint density at radius 3 is 2.23 bits per heavy atom. The summed E-state index contributed by atoms with van der Waals surface area (Å²) in [7, 11) is 1.54. The van der Waals surface area contributed by atoms with E-state index in [9.17, 15) is 9.59 Å². The van der Waals surface area contributed by atoms with E-state index < -0.39 is 9.75 Å². The molecule has 1 aliphatic carbocycles. The van der Waals surface area contributed by atoms with Crippen LogP contribution in [0.5, 0.6) is 5.75 Å². The molecule has 2 amide bonds. The van der Waals surface area contributed by atoms with Crippen molar-refractivity contribution in [2.24, 2.45) is 5.41 Å². The molecule has 5 nitrogen and oxygen atoms in total. The van der Waals surface area contributed by atoms with Crippen LogP contribution in [0.2, 0.25) is 0 Å². The van der Waals surface area contributed by atoms with Gasteiger partial charge in [-0.2, -0.15) is 0 Å². The number of rotatable bonds is 5. The molecule has 0 radical (unpaired) electrons. The number of nitrogens with one attached hydrogen (secondary N) is 2. The van der Waals surface area contributed by atoms with Gasteiger partial charge in [-0.05, 0) is 49.7 Å². The Labute approximate surface area is 161 Å². The molecule has 136 valence electrons. The van der Waals surface area contributed by atoms with Crippen LogP contribution in [0.25, 0.3) is 0 Å². The maximum Gasteiger partial charge on any atom is 0.255 e. The monoisotopic (exact) mass is 392 g/mol. The summed E-state index contributed by atoms with van der Waals surface area (Å²) in [6, 6.07) is 13.7. The Balaban J connectivity index is 1.66. The maximum atomic E-state index is 12.4. The van der Waals surface area contributed by atoms with Crippen molar-refractivity contribution in [3.05, 3.63) is 54.1 Å². The summed E-state index contributed by atoms with van der Waals surface area (Å²) in [5.41, 5.74) is 0.812. The fraction of sp³-hybridized carbons (Fsp3) is 0.263. The number of halogens is 2. The van der Waals surface area contributed by atoms with Crippen molar-refractivity contribution >= 4 is 46.4 Å². The third-order valence-corrected chi connectivity index (χ3v) is 5.62. The number of amides is 2. The van der Waals surface area contributed by atoms with Crippen LogP contribution in [0, 0.1) is 5.41 Å². The molecule has 1 fully saturated rings. The number of alkyl halides is 2. The SMILES string of the molecule is COc1ccccc1NC(=O)c1ccc(NC(=O)C2(C)CC2(Cl)Cl)cc1. The van der Waals surface area contributed by atoms with Gasteiger partial charge in [0.2, 0.25) is 5.91 Å². The molecule has 2 N–H and O–H groups in total. The standard InChI is InChI=1S/C19H18Cl2N2O3/c1-18(11-19(18,20)21)17(25)22-13-9-7-12(8-10-13)16(24)23-14-5-3-4-6-15(14)26-2/h3-10H,11H2,1-2H3,(H,22,25)(H,23,24). The Hall–Kier alpha value is -2.24. The van der Waals surface area contributed by atoms with Crippen molar-refractivity contribution in [1.82, 2.24) is 0 Å². The Morgan fingerprint density at radius 1 is 1.04 bits per heavy atom. The third-order valence-electron chi connectivity index (χ3n) is 4.52. The first-order valence-electron chi connectivity index (χ1n) is 8.00. The molecule has 0 aromatic heterocycles. The highest BCUT2D eigenvalue weighted by Gasteiger charge is 2.67. The summed E-state index contributed by atoms with van der Waals surface area (Å²) in [5.74, 6) is 0.0591. The zero-order valence-corrected chi connectivity index (χ0v) is 15.8. The van der Waals surface area contributed by atoms with Crippen molar-refractivity contribution in [1.29, 1.82) is 0 Å². The second-order valence-corrected chi connectivity index (χ2v) is 7.88. The molecule has 3 rings (SSSR count). The predicted molar refractivity (Wildman–Crippen MR) is 103 cm³/mol. The number of benzene rings is 2. The third kappa shape index (κ3) is 3.50. The second kappa shape index (κ2) is 6.82. The van der Waals surface area contributed by atoms with Crippen molar-refractivity contribution in [3.8, 4) is 5.75 Å². The number of methoxy groups -OCH3 is 1. The molecular weight excluding hydrogens is 375 g/mol. The number of anilines is 2. The fourth-order valence-corrected chi connectivity index (χ4v) is 3.27. The highest BCUT2D eigenvalue weighted by atomic mass is 35.5. The van der Waals surface area contributed by atoms with E-state index in [0.29, 0.717) is 29.1 Å². The van der Waals surface area contributed by atoms with Crippen LogP contribution < -0.4 is 15.4 Å².